The molecule has 3 heterocycles. The summed E-state index contributed by atoms with van der Waals surface area (Å²) >= 11 is 0. The Labute approximate surface area is 174 Å². The Bertz CT molecular complexity index is 987. The molecule has 7 heteroatoms. The fraction of sp³-hybridized carbons (Fsp3) is 0.304. The minimum Gasteiger partial charge on any atom is -0.381 e. The van der Waals surface area contributed by atoms with Crippen molar-refractivity contribution in [1.29, 1.82) is 0 Å². The van der Waals surface area contributed by atoms with Crippen LogP contribution in [0.1, 0.15) is 34.6 Å². The molecule has 1 aliphatic heterocycles. The molecule has 1 fully saturated rings. The largest absolute Gasteiger partial charge is 0.381 e. The summed E-state index contributed by atoms with van der Waals surface area (Å²) in [6.45, 7) is 1.59. The number of carbonyl (C=O) groups is 1. The van der Waals surface area contributed by atoms with Crippen LogP contribution in [0.15, 0.2) is 55.1 Å². The van der Waals surface area contributed by atoms with Gasteiger partial charge in [-0.3, -0.25) is 9.78 Å². The Morgan fingerprint density at radius 3 is 2.53 bits per heavy atom. The van der Waals surface area contributed by atoms with Crippen molar-refractivity contribution in [1.82, 2.24) is 15.0 Å². The van der Waals surface area contributed by atoms with E-state index >= 15 is 0 Å². The Morgan fingerprint density at radius 2 is 1.80 bits per heavy atom. The van der Waals surface area contributed by atoms with Crippen molar-refractivity contribution >= 4 is 17.2 Å². The van der Waals surface area contributed by atoms with Gasteiger partial charge in [-0.25, -0.2) is 14.4 Å². The number of Topliss-reactive ketones (excluding diaryl/α,β-unsaturated/α-hetero) is 1. The maximum atomic E-state index is 13.1. The van der Waals surface area contributed by atoms with E-state index in [2.05, 4.69) is 20.3 Å². The number of nitrogens with one attached hydrogen (secondary N) is 1. The lowest BCUT2D eigenvalue weighted by Gasteiger charge is -2.21. The van der Waals surface area contributed by atoms with E-state index < -0.39 is 0 Å². The molecule has 1 aliphatic rings. The molecule has 4 rings (SSSR count). The van der Waals surface area contributed by atoms with Crippen LogP contribution < -0.4 is 5.32 Å². The van der Waals surface area contributed by atoms with Crippen LogP contribution >= 0.6 is 0 Å². The van der Waals surface area contributed by atoms with Crippen molar-refractivity contribution in [2.24, 2.45) is 5.92 Å². The van der Waals surface area contributed by atoms with Crippen LogP contribution in [-0.2, 0) is 17.6 Å². The zero-order valence-electron chi connectivity index (χ0n) is 16.6. The van der Waals surface area contributed by atoms with E-state index in [1.165, 1.54) is 12.1 Å². The number of halogens is 1. The zero-order chi connectivity index (χ0) is 20.8. The lowest BCUT2D eigenvalue weighted by atomic mass is 9.96. The summed E-state index contributed by atoms with van der Waals surface area (Å²) in [7, 11) is 0. The van der Waals surface area contributed by atoms with E-state index in [0.29, 0.717) is 17.2 Å². The molecule has 154 valence electrons. The number of anilines is 2. The van der Waals surface area contributed by atoms with Gasteiger partial charge in [0.1, 0.15) is 11.6 Å². The summed E-state index contributed by atoms with van der Waals surface area (Å²) < 4.78 is 18.5. The maximum absolute atomic E-state index is 13.1. The molecular formula is C23H23FN4O2. The lowest BCUT2D eigenvalue weighted by molar-refractivity contribution is 0.0660. The van der Waals surface area contributed by atoms with Crippen LogP contribution in [0, 0.1) is 11.7 Å². The molecule has 0 unspecified atom stereocenters. The first-order valence-corrected chi connectivity index (χ1v) is 10.0. The molecule has 0 saturated carbocycles. The van der Waals surface area contributed by atoms with Crippen molar-refractivity contribution in [3.63, 3.8) is 0 Å². The van der Waals surface area contributed by atoms with Gasteiger partial charge < -0.3 is 10.1 Å². The number of rotatable bonds is 7. The summed E-state index contributed by atoms with van der Waals surface area (Å²) in [5, 5.41) is 3.19. The molecule has 1 N–H and O–H groups in total. The predicted molar refractivity (Wildman–Crippen MR) is 111 cm³/mol. The van der Waals surface area contributed by atoms with Crippen LogP contribution in [0.5, 0.6) is 0 Å². The van der Waals surface area contributed by atoms with Crippen molar-refractivity contribution < 1.29 is 13.9 Å². The molecular weight excluding hydrogens is 383 g/mol. The minimum absolute atomic E-state index is 0.0685. The lowest BCUT2D eigenvalue weighted by Crippen LogP contribution is -2.18. The second kappa shape index (κ2) is 9.54. The SMILES string of the molecule is O=C(Cc1ccncc1Nc1ccc(F)cc1)c1cnc(CC2CCOCC2)nc1. The molecule has 0 atom stereocenters. The highest BCUT2D eigenvalue weighted by atomic mass is 19.1. The van der Waals surface area contributed by atoms with E-state index in [-0.39, 0.29) is 18.0 Å². The number of nitrogens with zero attached hydrogens (tertiary/aromatic N) is 3. The molecule has 0 amide bonds. The number of ketones is 1. The third kappa shape index (κ3) is 5.24. The Morgan fingerprint density at radius 1 is 1.07 bits per heavy atom. The van der Waals surface area contributed by atoms with Crippen LogP contribution in [0.4, 0.5) is 15.8 Å². The van der Waals surface area contributed by atoms with E-state index in [1.54, 1.807) is 43.0 Å². The van der Waals surface area contributed by atoms with E-state index in [4.69, 9.17) is 4.74 Å². The fourth-order valence-electron chi connectivity index (χ4n) is 3.47. The van der Waals surface area contributed by atoms with Crippen LogP contribution in [0.25, 0.3) is 0 Å². The second-order valence-electron chi connectivity index (χ2n) is 7.41. The van der Waals surface area contributed by atoms with Gasteiger partial charge in [-0.15, -0.1) is 0 Å². The van der Waals surface area contributed by atoms with Gasteiger partial charge in [0, 0.05) is 50.3 Å². The van der Waals surface area contributed by atoms with Crippen molar-refractivity contribution in [2.75, 3.05) is 18.5 Å². The Hall–Kier alpha value is -3.19. The zero-order valence-corrected chi connectivity index (χ0v) is 16.6. The summed E-state index contributed by atoms with van der Waals surface area (Å²) in [6, 6.07) is 7.83. The first-order valence-electron chi connectivity index (χ1n) is 10.0. The molecule has 1 aromatic carbocycles. The van der Waals surface area contributed by atoms with Crippen molar-refractivity contribution in [3.8, 4) is 0 Å². The number of ether oxygens (including phenoxy) is 1. The maximum Gasteiger partial charge on any atom is 0.170 e. The molecule has 0 spiro atoms. The quantitative estimate of drug-likeness (QED) is 0.594. The first-order chi connectivity index (χ1) is 14.7. The van der Waals surface area contributed by atoms with Crippen LogP contribution in [-0.4, -0.2) is 33.9 Å². The number of hydrogen-bond acceptors (Lipinski definition) is 6. The summed E-state index contributed by atoms with van der Waals surface area (Å²) in [4.78, 5) is 25.7. The molecule has 2 aromatic heterocycles. The highest BCUT2D eigenvalue weighted by Crippen LogP contribution is 2.22. The Kier molecular flexibility index (Phi) is 6.39. The molecule has 0 radical (unpaired) electrons. The third-order valence-corrected chi connectivity index (χ3v) is 5.23. The van der Waals surface area contributed by atoms with Gasteiger partial charge >= 0.3 is 0 Å². The first kappa shape index (κ1) is 20.1. The fourth-order valence-corrected chi connectivity index (χ4v) is 3.47. The monoisotopic (exact) mass is 406 g/mol. The number of benzene rings is 1. The van der Waals surface area contributed by atoms with Crippen LogP contribution in [0.2, 0.25) is 0 Å². The molecule has 6 nitrogen and oxygen atoms in total. The number of pyridine rings is 1. The smallest absolute Gasteiger partial charge is 0.170 e. The normalized spacial score (nSPS) is 14.4. The molecule has 30 heavy (non-hydrogen) atoms. The molecule has 0 bridgehead atoms. The average molecular weight is 406 g/mol. The van der Waals surface area contributed by atoms with Gasteiger partial charge in [0.25, 0.3) is 0 Å². The topological polar surface area (TPSA) is 77.0 Å². The predicted octanol–water partition coefficient (Wildman–Crippen LogP) is 4.15. The van der Waals surface area contributed by atoms with E-state index in [1.807, 2.05) is 0 Å². The van der Waals surface area contributed by atoms with Gasteiger partial charge in [-0.2, -0.15) is 0 Å². The number of hydrogen-bond donors (Lipinski definition) is 1. The highest BCUT2D eigenvalue weighted by Gasteiger charge is 2.17. The van der Waals surface area contributed by atoms with Crippen molar-refractivity contribution in [2.45, 2.75) is 25.7 Å². The van der Waals surface area contributed by atoms with Gasteiger partial charge in [-0.1, -0.05) is 0 Å². The highest BCUT2D eigenvalue weighted by molar-refractivity contribution is 5.97. The van der Waals surface area contributed by atoms with Gasteiger partial charge in [0.2, 0.25) is 0 Å². The third-order valence-electron chi connectivity index (χ3n) is 5.23. The minimum atomic E-state index is -0.303. The average Bonchev–Trinajstić information content (AvgIpc) is 2.78. The molecule has 3 aromatic rings. The van der Waals surface area contributed by atoms with E-state index in [9.17, 15) is 9.18 Å². The summed E-state index contributed by atoms with van der Waals surface area (Å²) in [6.07, 6.45) is 9.57. The van der Waals surface area contributed by atoms with E-state index in [0.717, 1.165) is 49.6 Å². The van der Waals surface area contributed by atoms with Gasteiger partial charge in [-0.05, 0) is 54.7 Å². The summed E-state index contributed by atoms with van der Waals surface area (Å²) in [5.41, 5.74) is 2.70. The van der Waals surface area contributed by atoms with Gasteiger partial charge in [0.05, 0.1) is 17.4 Å². The standard InChI is InChI=1S/C23H23FN4O2/c24-19-1-3-20(4-2-19)28-21-15-25-8-5-17(21)12-22(29)18-13-26-23(27-14-18)11-16-6-9-30-10-7-16/h1-5,8,13-16,28H,6-7,9-12H2. The summed E-state index contributed by atoms with van der Waals surface area (Å²) in [5.74, 6) is 0.932. The second-order valence-corrected chi connectivity index (χ2v) is 7.41. The van der Waals surface area contributed by atoms with Gasteiger partial charge in [0.15, 0.2) is 5.78 Å². The van der Waals surface area contributed by atoms with Crippen LogP contribution in [0.3, 0.4) is 0 Å². The number of carbonyl (C=O) groups excluding carboxylic acids is 1. The molecule has 1 saturated heterocycles. The number of aromatic nitrogens is 3. The molecule has 0 aliphatic carbocycles. The van der Waals surface area contributed by atoms with Crippen molar-refractivity contribution in [3.05, 3.63) is 77.9 Å². The Balaban J connectivity index is 1.41.